The lowest BCUT2D eigenvalue weighted by Gasteiger charge is -2.06. The largest absolute Gasteiger partial charge is 0.469 e. The van der Waals surface area contributed by atoms with Gasteiger partial charge in [-0.3, -0.25) is 9.59 Å². The van der Waals surface area contributed by atoms with Gasteiger partial charge in [-0.2, -0.15) is 0 Å². The molecule has 2 aromatic rings. The molecule has 0 amide bonds. The second-order valence-electron chi connectivity index (χ2n) is 4.27. The molecular formula is C15H15NO3. The minimum absolute atomic E-state index is 0.0936. The molecule has 1 heterocycles. The van der Waals surface area contributed by atoms with Crippen molar-refractivity contribution in [3.8, 4) is 0 Å². The Labute approximate surface area is 111 Å². The number of aromatic nitrogens is 1. The third kappa shape index (κ3) is 2.73. The summed E-state index contributed by atoms with van der Waals surface area (Å²) in [4.78, 5) is 26.6. The quantitative estimate of drug-likeness (QED) is 0.676. The van der Waals surface area contributed by atoms with Crippen molar-refractivity contribution in [1.29, 1.82) is 0 Å². The van der Waals surface area contributed by atoms with Crippen LogP contribution in [-0.4, -0.2) is 23.8 Å². The zero-order chi connectivity index (χ0) is 13.8. The van der Waals surface area contributed by atoms with Crippen LogP contribution in [0, 0.1) is 0 Å². The molecule has 1 aromatic heterocycles. The van der Waals surface area contributed by atoms with Crippen LogP contribution in [0.3, 0.4) is 0 Å². The van der Waals surface area contributed by atoms with E-state index < -0.39 is 5.92 Å². The highest BCUT2D eigenvalue weighted by Crippen LogP contribution is 2.17. The Bertz CT molecular complexity index is 586. The van der Waals surface area contributed by atoms with Crippen LogP contribution in [0.25, 0.3) is 0 Å². The summed E-state index contributed by atoms with van der Waals surface area (Å²) in [6.45, 7) is 1.73. The molecule has 0 bridgehead atoms. The Balaban J connectivity index is 2.22. The van der Waals surface area contributed by atoms with Crippen LogP contribution in [0.15, 0.2) is 42.5 Å². The lowest BCUT2D eigenvalue weighted by Crippen LogP contribution is -2.11. The second kappa shape index (κ2) is 5.52. The number of H-pyrrole nitrogens is 1. The van der Waals surface area contributed by atoms with Crippen LogP contribution in [0.1, 0.15) is 34.6 Å². The van der Waals surface area contributed by atoms with Gasteiger partial charge in [0, 0.05) is 11.3 Å². The molecule has 0 aliphatic heterocycles. The zero-order valence-corrected chi connectivity index (χ0v) is 10.8. The predicted octanol–water partition coefficient (Wildman–Crippen LogP) is 2.52. The van der Waals surface area contributed by atoms with E-state index in [1.807, 2.05) is 18.2 Å². The molecule has 0 aliphatic carbocycles. The van der Waals surface area contributed by atoms with Gasteiger partial charge in [0.15, 0.2) is 0 Å². The lowest BCUT2D eigenvalue weighted by atomic mass is 10.1. The zero-order valence-electron chi connectivity index (χ0n) is 10.8. The monoisotopic (exact) mass is 257 g/mol. The smallest absolute Gasteiger partial charge is 0.314 e. The maximum Gasteiger partial charge on any atom is 0.314 e. The molecule has 1 N–H and O–H groups in total. The van der Waals surface area contributed by atoms with Gasteiger partial charge in [-0.15, -0.1) is 0 Å². The number of benzene rings is 1. The molecule has 0 aliphatic rings. The first-order chi connectivity index (χ1) is 9.13. The fourth-order valence-electron chi connectivity index (χ4n) is 1.85. The summed E-state index contributed by atoms with van der Waals surface area (Å²) in [7, 11) is 1.35. The van der Waals surface area contributed by atoms with Crippen molar-refractivity contribution in [2.24, 2.45) is 0 Å². The van der Waals surface area contributed by atoms with Gasteiger partial charge in [0.1, 0.15) is 0 Å². The van der Waals surface area contributed by atoms with Crippen LogP contribution >= 0.6 is 0 Å². The summed E-state index contributed by atoms with van der Waals surface area (Å²) < 4.78 is 4.68. The SMILES string of the molecule is COC(=O)C(C)c1ccc(C(=O)c2ccccc2)[nH]1. The van der Waals surface area contributed by atoms with E-state index >= 15 is 0 Å². The molecule has 2 rings (SSSR count). The van der Waals surface area contributed by atoms with Gasteiger partial charge in [0.05, 0.1) is 18.7 Å². The van der Waals surface area contributed by atoms with E-state index in [9.17, 15) is 9.59 Å². The summed E-state index contributed by atoms with van der Waals surface area (Å²) in [5, 5.41) is 0. The molecule has 4 nitrogen and oxygen atoms in total. The van der Waals surface area contributed by atoms with Gasteiger partial charge in [-0.05, 0) is 19.1 Å². The highest BCUT2D eigenvalue weighted by molar-refractivity contribution is 6.07. The van der Waals surface area contributed by atoms with E-state index in [1.165, 1.54) is 7.11 Å². The number of ketones is 1. The van der Waals surface area contributed by atoms with Crippen molar-refractivity contribution >= 4 is 11.8 Å². The Kier molecular flexibility index (Phi) is 3.80. The number of rotatable bonds is 4. The fourth-order valence-corrected chi connectivity index (χ4v) is 1.85. The Morgan fingerprint density at radius 2 is 1.79 bits per heavy atom. The fraction of sp³-hybridized carbons (Fsp3) is 0.200. The van der Waals surface area contributed by atoms with E-state index in [1.54, 1.807) is 31.2 Å². The average molecular weight is 257 g/mol. The molecule has 19 heavy (non-hydrogen) atoms. The molecule has 0 radical (unpaired) electrons. The molecule has 0 saturated heterocycles. The molecule has 1 atom stereocenters. The number of aromatic amines is 1. The van der Waals surface area contributed by atoms with E-state index in [0.29, 0.717) is 17.0 Å². The normalized spacial score (nSPS) is 11.9. The van der Waals surface area contributed by atoms with E-state index in [2.05, 4.69) is 9.72 Å². The third-order valence-electron chi connectivity index (χ3n) is 3.01. The van der Waals surface area contributed by atoms with Crippen molar-refractivity contribution in [3.05, 3.63) is 59.4 Å². The highest BCUT2D eigenvalue weighted by atomic mass is 16.5. The minimum atomic E-state index is -0.415. The van der Waals surface area contributed by atoms with Crippen molar-refractivity contribution in [3.63, 3.8) is 0 Å². The summed E-state index contributed by atoms with van der Waals surface area (Å²) >= 11 is 0. The first-order valence-electron chi connectivity index (χ1n) is 6.00. The highest BCUT2D eigenvalue weighted by Gasteiger charge is 2.19. The van der Waals surface area contributed by atoms with Crippen molar-refractivity contribution in [1.82, 2.24) is 4.98 Å². The van der Waals surface area contributed by atoms with Crippen LogP contribution in [0.2, 0.25) is 0 Å². The van der Waals surface area contributed by atoms with Gasteiger partial charge >= 0.3 is 5.97 Å². The van der Waals surface area contributed by atoms with Gasteiger partial charge in [0.2, 0.25) is 5.78 Å². The number of carbonyl (C=O) groups is 2. The number of esters is 1. The van der Waals surface area contributed by atoms with Crippen LogP contribution in [0.5, 0.6) is 0 Å². The molecule has 0 fully saturated rings. The molecule has 4 heteroatoms. The van der Waals surface area contributed by atoms with Gasteiger partial charge in [0.25, 0.3) is 0 Å². The first-order valence-corrected chi connectivity index (χ1v) is 6.00. The van der Waals surface area contributed by atoms with Gasteiger partial charge in [-0.25, -0.2) is 0 Å². The minimum Gasteiger partial charge on any atom is -0.469 e. The van der Waals surface area contributed by atoms with E-state index in [0.717, 1.165) is 0 Å². The number of ether oxygens (including phenoxy) is 1. The number of nitrogens with one attached hydrogen (secondary N) is 1. The molecule has 0 spiro atoms. The Hall–Kier alpha value is -2.36. The average Bonchev–Trinajstić information content (AvgIpc) is 2.95. The number of hydrogen-bond donors (Lipinski definition) is 1. The van der Waals surface area contributed by atoms with Crippen LogP contribution < -0.4 is 0 Å². The topological polar surface area (TPSA) is 59.2 Å². The molecule has 1 aromatic carbocycles. The number of carbonyl (C=O) groups excluding carboxylic acids is 2. The summed E-state index contributed by atoms with van der Waals surface area (Å²) in [6, 6.07) is 12.4. The standard InChI is InChI=1S/C15H15NO3/c1-10(15(18)19-2)12-8-9-13(16-12)14(17)11-6-4-3-5-7-11/h3-10,16H,1-2H3. The van der Waals surface area contributed by atoms with Gasteiger partial charge in [-0.1, -0.05) is 30.3 Å². The molecule has 1 unspecified atom stereocenters. The van der Waals surface area contributed by atoms with Crippen LogP contribution in [0.4, 0.5) is 0 Å². The van der Waals surface area contributed by atoms with Crippen LogP contribution in [-0.2, 0) is 9.53 Å². The maximum atomic E-state index is 12.2. The third-order valence-corrected chi connectivity index (χ3v) is 3.01. The Morgan fingerprint density at radius 1 is 1.11 bits per heavy atom. The summed E-state index contributed by atoms with van der Waals surface area (Å²) in [6.07, 6.45) is 0. The predicted molar refractivity (Wildman–Crippen MR) is 71.1 cm³/mol. The number of methoxy groups -OCH3 is 1. The molecule has 98 valence electrons. The number of hydrogen-bond acceptors (Lipinski definition) is 3. The van der Waals surface area contributed by atoms with Crippen molar-refractivity contribution in [2.75, 3.05) is 7.11 Å². The first kappa shape index (κ1) is 13.1. The summed E-state index contributed by atoms with van der Waals surface area (Å²) in [5.41, 5.74) is 1.75. The van der Waals surface area contributed by atoms with E-state index in [-0.39, 0.29) is 11.8 Å². The molecular weight excluding hydrogens is 242 g/mol. The second-order valence-corrected chi connectivity index (χ2v) is 4.27. The lowest BCUT2D eigenvalue weighted by molar-refractivity contribution is -0.142. The van der Waals surface area contributed by atoms with Crippen molar-refractivity contribution < 1.29 is 14.3 Å². The maximum absolute atomic E-state index is 12.2. The van der Waals surface area contributed by atoms with Crippen molar-refractivity contribution in [2.45, 2.75) is 12.8 Å². The van der Waals surface area contributed by atoms with E-state index in [4.69, 9.17) is 0 Å². The summed E-state index contributed by atoms with van der Waals surface area (Å²) in [5.74, 6) is -0.841. The molecule has 0 saturated carbocycles. The Morgan fingerprint density at radius 3 is 2.42 bits per heavy atom. The van der Waals surface area contributed by atoms with Gasteiger partial charge < -0.3 is 9.72 Å².